The van der Waals surface area contributed by atoms with E-state index in [4.69, 9.17) is 17.3 Å². The van der Waals surface area contributed by atoms with Crippen LogP contribution in [-0.2, 0) is 6.42 Å². The molecular formula is C17H20ClFN2. The molecular weight excluding hydrogens is 287 g/mol. The van der Waals surface area contributed by atoms with Gasteiger partial charge in [0.05, 0.1) is 5.69 Å². The van der Waals surface area contributed by atoms with Crippen molar-refractivity contribution < 1.29 is 4.39 Å². The predicted molar refractivity (Wildman–Crippen MR) is 87.9 cm³/mol. The van der Waals surface area contributed by atoms with Crippen LogP contribution >= 0.6 is 11.6 Å². The van der Waals surface area contributed by atoms with Crippen LogP contribution in [0.4, 0.5) is 15.8 Å². The molecule has 0 aliphatic carbocycles. The fourth-order valence-corrected chi connectivity index (χ4v) is 2.57. The Balaban J connectivity index is 2.44. The number of benzene rings is 2. The molecule has 21 heavy (non-hydrogen) atoms. The summed E-state index contributed by atoms with van der Waals surface area (Å²) in [4.78, 5) is 1.82. The van der Waals surface area contributed by atoms with E-state index in [1.807, 2.05) is 43.1 Å². The lowest BCUT2D eigenvalue weighted by molar-refractivity contribution is 0.626. The van der Waals surface area contributed by atoms with E-state index in [1.165, 1.54) is 6.07 Å². The van der Waals surface area contributed by atoms with E-state index in [0.29, 0.717) is 17.1 Å². The van der Waals surface area contributed by atoms with Gasteiger partial charge in [-0.05, 0) is 42.7 Å². The maximum Gasteiger partial charge on any atom is 0.146 e. The van der Waals surface area contributed by atoms with Gasteiger partial charge in [-0.15, -0.1) is 0 Å². The Morgan fingerprint density at radius 1 is 1.14 bits per heavy atom. The number of para-hydroxylation sites is 1. The Morgan fingerprint density at radius 2 is 1.81 bits per heavy atom. The van der Waals surface area contributed by atoms with Crippen molar-refractivity contribution in [1.29, 1.82) is 0 Å². The van der Waals surface area contributed by atoms with Crippen LogP contribution in [0.5, 0.6) is 0 Å². The number of nitrogens with two attached hydrogens (primary N) is 1. The van der Waals surface area contributed by atoms with Crippen LogP contribution in [0.2, 0.25) is 5.02 Å². The summed E-state index contributed by atoms with van der Waals surface area (Å²) in [6.07, 6.45) is 1.54. The first kappa shape index (κ1) is 15.8. The van der Waals surface area contributed by atoms with Crippen LogP contribution in [0.15, 0.2) is 42.5 Å². The zero-order chi connectivity index (χ0) is 15.4. The first-order chi connectivity index (χ1) is 10.0. The topological polar surface area (TPSA) is 29.3 Å². The van der Waals surface area contributed by atoms with E-state index in [-0.39, 0.29) is 11.9 Å². The van der Waals surface area contributed by atoms with Gasteiger partial charge in [-0.1, -0.05) is 36.7 Å². The van der Waals surface area contributed by atoms with Crippen LogP contribution in [0.3, 0.4) is 0 Å². The lowest BCUT2D eigenvalue weighted by Crippen LogP contribution is -2.23. The first-order valence-corrected chi connectivity index (χ1v) is 7.43. The van der Waals surface area contributed by atoms with Crippen molar-refractivity contribution in [2.24, 2.45) is 5.73 Å². The molecule has 0 spiro atoms. The zero-order valence-corrected chi connectivity index (χ0v) is 13.1. The molecule has 2 N–H and O–H groups in total. The minimum Gasteiger partial charge on any atom is -0.342 e. The van der Waals surface area contributed by atoms with Gasteiger partial charge in [0.25, 0.3) is 0 Å². The molecule has 0 saturated heterocycles. The molecule has 1 atom stereocenters. The molecule has 4 heteroatoms. The number of rotatable bonds is 5. The fraction of sp³-hybridized carbons (Fsp3) is 0.294. The normalized spacial score (nSPS) is 12.2. The minimum absolute atomic E-state index is 0.0395. The highest BCUT2D eigenvalue weighted by Gasteiger charge is 2.16. The summed E-state index contributed by atoms with van der Waals surface area (Å²) < 4.78 is 14.0. The summed E-state index contributed by atoms with van der Waals surface area (Å²) in [5.74, 6) is -0.259. The predicted octanol–water partition coefficient (Wildman–Crippen LogP) is 4.53. The monoisotopic (exact) mass is 306 g/mol. The molecule has 112 valence electrons. The van der Waals surface area contributed by atoms with Gasteiger partial charge in [0.1, 0.15) is 5.82 Å². The summed E-state index contributed by atoms with van der Waals surface area (Å²) in [7, 11) is 1.84. The average Bonchev–Trinajstić information content (AvgIpc) is 2.49. The van der Waals surface area contributed by atoms with Crippen LogP contribution in [-0.4, -0.2) is 13.1 Å². The SMILES string of the molecule is CCC(N)Cc1c(Cl)cccc1N(C)c1ccccc1F. The summed E-state index contributed by atoms with van der Waals surface area (Å²) in [6.45, 7) is 2.04. The molecule has 2 aromatic rings. The van der Waals surface area contributed by atoms with E-state index >= 15 is 0 Å². The van der Waals surface area contributed by atoms with Crippen LogP contribution in [0.25, 0.3) is 0 Å². The molecule has 0 aliphatic heterocycles. The van der Waals surface area contributed by atoms with E-state index in [9.17, 15) is 4.39 Å². The zero-order valence-electron chi connectivity index (χ0n) is 12.3. The first-order valence-electron chi connectivity index (χ1n) is 7.05. The van der Waals surface area contributed by atoms with Crippen molar-refractivity contribution in [1.82, 2.24) is 0 Å². The van der Waals surface area contributed by atoms with Gasteiger partial charge in [-0.2, -0.15) is 0 Å². The molecule has 0 aromatic heterocycles. The molecule has 0 radical (unpaired) electrons. The van der Waals surface area contributed by atoms with Gasteiger partial charge in [0, 0.05) is 23.8 Å². The maximum absolute atomic E-state index is 14.0. The van der Waals surface area contributed by atoms with Crippen molar-refractivity contribution in [3.8, 4) is 0 Å². The maximum atomic E-state index is 14.0. The summed E-state index contributed by atoms with van der Waals surface area (Å²) >= 11 is 6.33. The Morgan fingerprint density at radius 3 is 2.48 bits per heavy atom. The van der Waals surface area contributed by atoms with E-state index in [1.54, 1.807) is 12.1 Å². The van der Waals surface area contributed by atoms with E-state index < -0.39 is 0 Å². The van der Waals surface area contributed by atoms with Crippen molar-refractivity contribution in [3.63, 3.8) is 0 Å². The second kappa shape index (κ2) is 6.92. The third-order valence-electron chi connectivity index (χ3n) is 3.66. The highest BCUT2D eigenvalue weighted by molar-refractivity contribution is 6.31. The Kier molecular flexibility index (Phi) is 5.21. The third kappa shape index (κ3) is 3.55. The molecule has 0 heterocycles. The average molecular weight is 307 g/mol. The van der Waals surface area contributed by atoms with E-state index in [0.717, 1.165) is 17.7 Å². The molecule has 0 saturated carbocycles. The fourth-order valence-electron chi connectivity index (χ4n) is 2.32. The summed E-state index contributed by atoms with van der Waals surface area (Å²) in [6, 6.07) is 12.4. The lowest BCUT2D eigenvalue weighted by Gasteiger charge is -2.25. The molecule has 0 aliphatic rings. The van der Waals surface area contributed by atoms with Gasteiger partial charge >= 0.3 is 0 Å². The Bertz CT molecular complexity index is 615. The molecule has 0 bridgehead atoms. The standard InChI is InChI=1S/C17H20ClFN2/c1-3-12(20)11-13-14(18)7-6-10-16(13)21(2)17-9-5-4-8-15(17)19/h4-10,12H,3,11,20H2,1-2H3. The number of hydrogen-bond donors (Lipinski definition) is 1. The van der Waals surface area contributed by atoms with Crippen molar-refractivity contribution in [3.05, 3.63) is 58.9 Å². The number of nitrogens with zero attached hydrogens (tertiary/aromatic N) is 1. The number of anilines is 2. The van der Waals surface area contributed by atoms with Gasteiger partial charge in [0.2, 0.25) is 0 Å². The van der Waals surface area contributed by atoms with Crippen molar-refractivity contribution in [2.75, 3.05) is 11.9 Å². The third-order valence-corrected chi connectivity index (χ3v) is 4.01. The minimum atomic E-state index is -0.259. The highest BCUT2D eigenvalue weighted by Crippen LogP contribution is 2.33. The summed E-state index contributed by atoms with van der Waals surface area (Å²) in [5, 5.41) is 0.666. The van der Waals surface area contributed by atoms with Gasteiger partial charge in [0.15, 0.2) is 0 Å². The van der Waals surface area contributed by atoms with Crippen molar-refractivity contribution in [2.45, 2.75) is 25.8 Å². The Hall–Kier alpha value is -1.58. The van der Waals surface area contributed by atoms with Gasteiger partial charge < -0.3 is 10.6 Å². The second-order valence-corrected chi connectivity index (χ2v) is 5.53. The quantitative estimate of drug-likeness (QED) is 0.879. The largest absolute Gasteiger partial charge is 0.342 e. The van der Waals surface area contributed by atoms with Crippen molar-refractivity contribution >= 4 is 23.0 Å². The smallest absolute Gasteiger partial charge is 0.146 e. The number of halogens is 2. The molecule has 2 nitrogen and oxygen atoms in total. The molecule has 2 aromatic carbocycles. The molecule has 2 rings (SSSR count). The van der Waals surface area contributed by atoms with E-state index in [2.05, 4.69) is 0 Å². The number of hydrogen-bond acceptors (Lipinski definition) is 2. The van der Waals surface area contributed by atoms with Gasteiger partial charge in [-0.3, -0.25) is 0 Å². The molecule has 0 fully saturated rings. The Labute approximate surface area is 130 Å². The lowest BCUT2D eigenvalue weighted by atomic mass is 10.0. The molecule has 1 unspecified atom stereocenters. The van der Waals surface area contributed by atoms with Crippen LogP contribution in [0.1, 0.15) is 18.9 Å². The van der Waals surface area contributed by atoms with Crippen LogP contribution < -0.4 is 10.6 Å². The van der Waals surface area contributed by atoms with Gasteiger partial charge in [-0.25, -0.2) is 4.39 Å². The second-order valence-electron chi connectivity index (χ2n) is 5.12. The van der Waals surface area contributed by atoms with Crippen LogP contribution in [0, 0.1) is 5.82 Å². The molecule has 0 amide bonds. The summed E-state index contributed by atoms with van der Waals surface area (Å²) in [5.41, 5.74) is 8.42. The highest BCUT2D eigenvalue weighted by atomic mass is 35.5.